The van der Waals surface area contributed by atoms with Crippen LogP contribution in [0.3, 0.4) is 0 Å². The van der Waals surface area contributed by atoms with E-state index >= 15 is 0 Å². The highest BCUT2D eigenvalue weighted by atomic mass is 32.2. The Bertz CT molecular complexity index is 743. The van der Waals surface area contributed by atoms with E-state index in [0.717, 1.165) is 37.7 Å². The number of hydrogen-bond acceptors (Lipinski definition) is 4. The smallest absolute Gasteiger partial charge is 0.266 e. The number of thioether (sulfide) groups is 1. The molecule has 0 atom stereocenters. The van der Waals surface area contributed by atoms with E-state index in [0.29, 0.717) is 14.8 Å². The number of hydrogen-bond donors (Lipinski definition) is 0. The Kier molecular flexibility index (Phi) is 6.43. The molecule has 0 saturated carbocycles. The van der Waals surface area contributed by atoms with E-state index in [1.165, 1.54) is 29.9 Å². The van der Waals surface area contributed by atoms with Crippen LogP contribution in [0.1, 0.15) is 37.7 Å². The van der Waals surface area contributed by atoms with Crippen molar-refractivity contribution in [1.29, 1.82) is 0 Å². The summed E-state index contributed by atoms with van der Waals surface area (Å²) in [6.07, 6.45) is 6.19. The Hall–Kier alpha value is -1.73. The molecule has 0 aromatic heterocycles. The van der Waals surface area contributed by atoms with Crippen molar-refractivity contribution in [3.8, 4) is 0 Å². The Balaban J connectivity index is 1.62. The molecule has 0 bridgehead atoms. The average molecular weight is 393 g/mol. The van der Waals surface area contributed by atoms with Crippen molar-refractivity contribution < 1.29 is 14.0 Å². The average Bonchev–Trinajstić information content (AvgIpc) is 2.83. The molecule has 138 valence electrons. The molecule has 1 aromatic rings. The van der Waals surface area contributed by atoms with Crippen LogP contribution >= 0.6 is 24.0 Å². The maximum atomic E-state index is 13.8. The normalized spacial score (nSPS) is 20.0. The summed E-state index contributed by atoms with van der Waals surface area (Å²) in [5, 5.41) is 0. The van der Waals surface area contributed by atoms with Gasteiger partial charge >= 0.3 is 0 Å². The molecule has 2 fully saturated rings. The zero-order chi connectivity index (χ0) is 18.5. The van der Waals surface area contributed by atoms with Crippen molar-refractivity contribution >= 4 is 46.2 Å². The van der Waals surface area contributed by atoms with E-state index < -0.39 is 0 Å². The number of carbonyl (C=O) groups is 2. The first-order valence-electron chi connectivity index (χ1n) is 8.84. The lowest BCUT2D eigenvalue weighted by atomic mass is 10.2. The summed E-state index contributed by atoms with van der Waals surface area (Å²) in [5.74, 6) is -0.569. The van der Waals surface area contributed by atoms with Gasteiger partial charge < -0.3 is 4.90 Å². The van der Waals surface area contributed by atoms with Gasteiger partial charge in [0.05, 0.1) is 4.91 Å². The standard InChI is InChI=1S/C19H21FN2O2S2/c20-15-8-4-3-7-14(15)13-16-18(24)22(19(25)26-16)12-9-17(23)21-10-5-1-2-6-11-21/h3-4,7-8,13H,1-2,5-6,9-12H2/b16-13-. The fourth-order valence-electron chi connectivity index (χ4n) is 3.11. The first-order valence-corrected chi connectivity index (χ1v) is 10.1. The SMILES string of the molecule is O=C(CCN1C(=O)/C(=C/c2ccccc2F)SC1=S)N1CCCCCC1. The van der Waals surface area contributed by atoms with Gasteiger partial charge in [-0.2, -0.15) is 0 Å². The topological polar surface area (TPSA) is 40.6 Å². The van der Waals surface area contributed by atoms with Crippen LogP contribution in [0.2, 0.25) is 0 Å². The number of halogens is 1. The van der Waals surface area contributed by atoms with Gasteiger partial charge in [-0.15, -0.1) is 0 Å². The Morgan fingerprint density at radius 2 is 1.88 bits per heavy atom. The van der Waals surface area contributed by atoms with Crippen molar-refractivity contribution in [3.63, 3.8) is 0 Å². The van der Waals surface area contributed by atoms with Crippen molar-refractivity contribution in [3.05, 3.63) is 40.6 Å². The summed E-state index contributed by atoms with van der Waals surface area (Å²) in [4.78, 5) is 28.7. The van der Waals surface area contributed by atoms with Gasteiger partial charge in [-0.05, 0) is 25.0 Å². The van der Waals surface area contributed by atoms with Gasteiger partial charge in [-0.1, -0.05) is 55.0 Å². The molecule has 0 aliphatic carbocycles. The molecular weight excluding hydrogens is 371 g/mol. The molecule has 1 aromatic carbocycles. The van der Waals surface area contributed by atoms with Gasteiger partial charge in [0, 0.05) is 31.6 Å². The highest BCUT2D eigenvalue weighted by Gasteiger charge is 2.32. The molecule has 0 N–H and O–H groups in total. The number of carbonyl (C=O) groups excluding carboxylic acids is 2. The first-order chi connectivity index (χ1) is 12.6. The van der Waals surface area contributed by atoms with Crippen molar-refractivity contribution in [2.45, 2.75) is 32.1 Å². The minimum atomic E-state index is -0.380. The lowest BCUT2D eigenvalue weighted by Gasteiger charge is -2.22. The molecule has 2 amide bonds. The van der Waals surface area contributed by atoms with Crippen LogP contribution in [-0.2, 0) is 9.59 Å². The maximum Gasteiger partial charge on any atom is 0.266 e. The molecule has 26 heavy (non-hydrogen) atoms. The largest absolute Gasteiger partial charge is 0.343 e. The van der Waals surface area contributed by atoms with Crippen molar-refractivity contribution in [2.24, 2.45) is 0 Å². The second-order valence-electron chi connectivity index (χ2n) is 6.40. The van der Waals surface area contributed by atoms with E-state index in [-0.39, 0.29) is 30.6 Å². The number of amides is 2. The zero-order valence-electron chi connectivity index (χ0n) is 14.4. The lowest BCUT2D eigenvalue weighted by molar-refractivity contribution is -0.131. The number of thiocarbonyl (C=S) groups is 1. The third-order valence-corrected chi connectivity index (χ3v) is 5.95. The number of likely N-dealkylation sites (tertiary alicyclic amines) is 1. The number of benzene rings is 1. The molecule has 3 rings (SSSR count). The molecule has 2 saturated heterocycles. The predicted octanol–water partition coefficient (Wildman–Crippen LogP) is 3.82. The van der Waals surface area contributed by atoms with Crippen molar-refractivity contribution in [2.75, 3.05) is 19.6 Å². The molecule has 4 nitrogen and oxygen atoms in total. The van der Waals surface area contributed by atoms with Gasteiger partial charge in [-0.3, -0.25) is 14.5 Å². The maximum absolute atomic E-state index is 13.8. The monoisotopic (exact) mass is 392 g/mol. The summed E-state index contributed by atoms with van der Waals surface area (Å²) in [6.45, 7) is 1.86. The fourth-order valence-corrected chi connectivity index (χ4v) is 4.41. The van der Waals surface area contributed by atoms with E-state index in [2.05, 4.69) is 0 Å². The van der Waals surface area contributed by atoms with E-state index in [1.54, 1.807) is 18.2 Å². The van der Waals surface area contributed by atoms with Crippen LogP contribution < -0.4 is 0 Å². The molecule has 2 aliphatic heterocycles. The zero-order valence-corrected chi connectivity index (χ0v) is 16.1. The Labute approximate surface area is 162 Å². The Morgan fingerprint density at radius 3 is 2.58 bits per heavy atom. The number of nitrogens with zero attached hydrogens (tertiary/aromatic N) is 2. The molecule has 7 heteroatoms. The molecule has 0 radical (unpaired) electrons. The van der Waals surface area contributed by atoms with Gasteiger partial charge in [0.25, 0.3) is 5.91 Å². The molecule has 0 spiro atoms. The number of rotatable bonds is 4. The quantitative estimate of drug-likeness (QED) is 0.577. The lowest BCUT2D eigenvalue weighted by Crippen LogP contribution is -2.36. The van der Waals surface area contributed by atoms with Crippen LogP contribution in [-0.4, -0.2) is 45.6 Å². The van der Waals surface area contributed by atoms with Crippen LogP contribution in [0.25, 0.3) is 6.08 Å². The van der Waals surface area contributed by atoms with Crippen LogP contribution in [0, 0.1) is 5.82 Å². The summed E-state index contributed by atoms with van der Waals surface area (Å²) in [7, 11) is 0. The van der Waals surface area contributed by atoms with E-state index in [4.69, 9.17) is 12.2 Å². The van der Waals surface area contributed by atoms with Gasteiger partial charge in [0.15, 0.2) is 0 Å². The highest BCUT2D eigenvalue weighted by Crippen LogP contribution is 2.33. The summed E-state index contributed by atoms with van der Waals surface area (Å²) < 4.78 is 14.2. The third kappa shape index (κ3) is 4.51. The second kappa shape index (κ2) is 8.77. The minimum absolute atomic E-state index is 0.0685. The van der Waals surface area contributed by atoms with E-state index in [9.17, 15) is 14.0 Å². The minimum Gasteiger partial charge on any atom is -0.343 e. The highest BCUT2D eigenvalue weighted by molar-refractivity contribution is 8.26. The third-order valence-electron chi connectivity index (χ3n) is 4.57. The van der Waals surface area contributed by atoms with Gasteiger partial charge in [-0.25, -0.2) is 4.39 Å². The van der Waals surface area contributed by atoms with Crippen LogP contribution in [0.4, 0.5) is 4.39 Å². The van der Waals surface area contributed by atoms with Crippen molar-refractivity contribution in [1.82, 2.24) is 9.80 Å². The van der Waals surface area contributed by atoms with Crippen LogP contribution in [0.5, 0.6) is 0 Å². The second-order valence-corrected chi connectivity index (χ2v) is 8.08. The van der Waals surface area contributed by atoms with Crippen LogP contribution in [0.15, 0.2) is 29.2 Å². The molecule has 2 aliphatic rings. The summed E-state index contributed by atoms with van der Waals surface area (Å²) in [5.41, 5.74) is 0.355. The first kappa shape index (κ1) is 19.0. The predicted molar refractivity (Wildman–Crippen MR) is 106 cm³/mol. The van der Waals surface area contributed by atoms with Gasteiger partial charge in [0.1, 0.15) is 10.1 Å². The van der Waals surface area contributed by atoms with E-state index in [1.807, 2.05) is 4.90 Å². The Morgan fingerprint density at radius 1 is 1.19 bits per heavy atom. The molecular formula is C19H21FN2O2S2. The molecule has 0 unspecified atom stereocenters. The fraction of sp³-hybridized carbons (Fsp3) is 0.421. The van der Waals surface area contributed by atoms with Gasteiger partial charge in [0.2, 0.25) is 5.91 Å². The summed E-state index contributed by atoms with van der Waals surface area (Å²) in [6, 6.07) is 6.29. The molecule has 2 heterocycles. The summed E-state index contributed by atoms with van der Waals surface area (Å²) >= 11 is 6.44.